The van der Waals surface area contributed by atoms with E-state index >= 15 is 0 Å². The molecule has 0 radical (unpaired) electrons. The van der Waals surface area contributed by atoms with Gasteiger partial charge in [0.15, 0.2) is 5.82 Å². The minimum atomic E-state index is 0.0814. The molecule has 1 aromatic heterocycles. The summed E-state index contributed by atoms with van der Waals surface area (Å²) in [6.45, 7) is 3.68. The van der Waals surface area contributed by atoms with Gasteiger partial charge in [0.25, 0.3) is 0 Å². The number of nitrogens with zero attached hydrogens (tertiary/aromatic N) is 3. The standard InChI is InChI=1S/C17H26N4O3/c22-15(18-9-14-4-2-8-23-14)11-21-7-1-3-13(10-21)16-19-17(24-20-16)12-5-6-12/h12-14H,1-11H2,(H,18,22)/t13-,14-/m0/s1. The molecule has 7 nitrogen and oxygen atoms in total. The lowest BCUT2D eigenvalue weighted by Crippen LogP contribution is -2.43. The molecule has 0 aromatic carbocycles. The zero-order chi connectivity index (χ0) is 16.4. The minimum absolute atomic E-state index is 0.0814. The van der Waals surface area contributed by atoms with Crippen molar-refractivity contribution in [2.24, 2.45) is 0 Å². The van der Waals surface area contributed by atoms with Crippen molar-refractivity contribution in [1.82, 2.24) is 20.4 Å². The number of aromatic nitrogens is 2. The number of carbonyl (C=O) groups is 1. The van der Waals surface area contributed by atoms with E-state index in [1.807, 2.05) is 0 Å². The molecule has 0 bridgehead atoms. The van der Waals surface area contributed by atoms with Gasteiger partial charge in [-0.3, -0.25) is 9.69 Å². The number of hydrogen-bond acceptors (Lipinski definition) is 6. The second kappa shape index (κ2) is 7.19. The normalized spacial score (nSPS) is 28.2. The van der Waals surface area contributed by atoms with Crippen LogP contribution >= 0.6 is 0 Å². The van der Waals surface area contributed by atoms with Gasteiger partial charge in [-0.05, 0) is 45.1 Å². The monoisotopic (exact) mass is 334 g/mol. The number of ether oxygens (including phenoxy) is 1. The molecule has 1 saturated carbocycles. The summed E-state index contributed by atoms with van der Waals surface area (Å²) in [5.41, 5.74) is 0. The summed E-state index contributed by atoms with van der Waals surface area (Å²) >= 11 is 0. The number of carbonyl (C=O) groups excluding carboxylic acids is 1. The van der Waals surface area contributed by atoms with E-state index in [0.717, 1.165) is 57.1 Å². The van der Waals surface area contributed by atoms with E-state index in [9.17, 15) is 4.79 Å². The number of amides is 1. The lowest BCUT2D eigenvalue weighted by atomic mass is 9.97. The summed E-state index contributed by atoms with van der Waals surface area (Å²) in [6.07, 6.45) is 6.82. The summed E-state index contributed by atoms with van der Waals surface area (Å²) in [4.78, 5) is 18.9. The summed E-state index contributed by atoms with van der Waals surface area (Å²) in [6, 6.07) is 0. The van der Waals surface area contributed by atoms with Gasteiger partial charge in [-0.2, -0.15) is 4.98 Å². The quantitative estimate of drug-likeness (QED) is 0.847. The van der Waals surface area contributed by atoms with Crippen LogP contribution in [0.3, 0.4) is 0 Å². The third kappa shape index (κ3) is 3.95. The number of likely N-dealkylation sites (tertiary alicyclic amines) is 1. The Balaban J connectivity index is 1.25. The van der Waals surface area contributed by atoms with E-state index < -0.39 is 0 Å². The number of hydrogen-bond donors (Lipinski definition) is 1. The van der Waals surface area contributed by atoms with E-state index in [4.69, 9.17) is 9.26 Å². The molecule has 2 aliphatic heterocycles. The second-order valence-corrected chi connectivity index (χ2v) is 7.28. The smallest absolute Gasteiger partial charge is 0.234 e. The first-order chi connectivity index (χ1) is 11.8. The van der Waals surface area contributed by atoms with Gasteiger partial charge in [0.05, 0.1) is 12.6 Å². The minimum Gasteiger partial charge on any atom is -0.376 e. The fourth-order valence-corrected chi connectivity index (χ4v) is 3.61. The highest BCUT2D eigenvalue weighted by atomic mass is 16.5. The van der Waals surface area contributed by atoms with Crippen LogP contribution in [0, 0.1) is 0 Å². The molecular weight excluding hydrogens is 308 g/mol. The van der Waals surface area contributed by atoms with Crippen LogP contribution in [0.1, 0.15) is 62.1 Å². The van der Waals surface area contributed by atoms with Gasteiger partial charge in [-0.15, -0.1) is 0 Å². The number of piperidine rings is 1. The van der Waals surface area contributed by atoms with E-state index in [1.54, 1.807) is 0 Å². The van der Waals surface area contributed by atoms with Crippen molar-refractivity contribution in [3.8, 4) is 0 Å². The van der Waals surface area contributed by atoms with Crippen LogP contribution in [0.5, 0.6) is 0 Å². The Hall–Kier alpha value is -1.47. The Bertz CT molecular complexity index is 566. The summed E-state index contributed by atoms with van der Waals surface area (Å²) in [5.74, 6) is 2.48. The van der Waals surface area contributed by atoms with Crippen LogP contribution in [0.4, 0.5) is 0 Å². The molecule has 24 heavy (non-hydrogen) atoms. The average molecular weight is 334 g/mol. The van der Waals surface area contributed by atoms with Crippen molar-refractivity contribution in [3.63, 3.8) is 0 Å². The molecule has 1 amide bonds. The topological polar surface area (TPSA) is 80.5 Å². The highest BCUT2D eigenvalue weighted by Gasteiger charge is 2.32. The summed E-state index contributed by atoms with van der Waals surface area (Å²) < 4.78 is 10.9. The second-order valence-electron chi connectivity index (χ2n) is 7.28. The summed E-state index contributed by atoms with van der Waals surface area (Å²) in [7, 11) is 0. The molecule has 7 heteroatoms. The van der Waals surface area contributed by atoms with Crippen molar-refractivity contribution in [1.29, 1.82) is 0 Å². The highest BCUT2D eigenvalue weighted by molar-refractivity contribution is 5.78. The van der Waals surface area contributed by atoms with Crippen molar-refractivity contribution in [2.75, 3.05) is 32.8 Å². The Morgan fingerprint density at radius 1 is 1.21 bits per heavy atom. The molecule has 1 N–H and O–H groups in total. The van der Waals surface area contributed by atoms with Gasteiger partial charge in [-0.1, -0.05) is 5.16 Å². The first-order valence-electron chi connectivity index (χ1n) is 9.22. The molecule has 3 heterocycles. The molecule has 1 aliphatic carbocycles. The van der Waals surface area contributed by atoms with Crippen LogP contribution < -0.4 is 5.32 Å². The maximum atomic E-state index is 12.2. The third-order valence-electron chi connectivity index (χ3n) is 5.17. The van der Waals surface area contributed by atoms with Gasteiger partial charge >= 0.3 is 0 Å². The lowest BCUT2D eigenvalue weighted by Gasteiger charge is -2.30. The molecule has 1 aromatic rings. The Labute approximate surface area is 142 Å². The lowest BCUT2D eigenvalue weighted by molar-refractivity contribution is -0.123. The Morgan fingerprint density at radius 2 is 2.12 bits per heavy atom. The molecule has 2 saturated heterocycles. The zero-order valence-electron chi connectivity index (χ0n) is 14.1. The number of nitrogens with one attached hydrogen (secondary N) is 1. The van der Waals surface area contributed by atoms with Crippen LogP contribution in [0.15, 0.2) is 4.52 Å². The van der Waals surface area contributed by atoms with Gasteiger partial charge in [0, 0.05) is 31.5 Å². The highest BCUT2D eigenvalue weighted by Crippen LogP contribution is 2.39. The fraction of sp³-hybridized carbons (Fsp3) is 0.824. The molecule has 4 rings (SSSR count). The molecule has 0 unspecified atom stereocenters. The molecule has 3 fully saturated rings. The maximum Gasteiger partial charge on any atom is 0.234 e. The average Bonchev–Trinajstić information content (AvgIpc) is 3.12. The first kappa shape index (κ1) is 16.0. The molecule has 0 spiro atoms. The van der Waals surface area contributed by atoms with Crippen molar-refractivity contribution < 1.29 is 14.1 Å². The van der Waals surface area contributed by atoms with Gasteiger partial charge in [-0.25, -0.2) is 0 Å². The van der Waals surface area contributed by atoms with Crippen LogP contribution in [-0.4, -0.2) is 59.8 Å². The van der Waals surface area contributed by atoms with E-state index in [1.165, 1.54) is 12.8 Å². The zero-order valence-corrected chi connectivity index (χ0v) is 14.1. The Kier molecular flexibility index (Phi) is 4.80. The van der Waals surface area contributed by atoms with E-state index in [2.05, 4.69) is 20.4 Å². The van der Waals surface area contributed by atoms with Crippen molar-refractivity contribution >= 4 is 5.91 Å². The molecule has 3 aliphatic rings. The van der Waals surface area contributed by atoms with Crippen LogP contribution in [0.2, 0.25) is 0 Å². The molecule has 2 atom stereocenters. The van der Waals surface area contributed by atoms with Crippen molar-refractivity contribution in [2.45, 2.75) is 56.5 Å². The largest absolute Gasteiger partial charge is 0.376 e. The fourth-order valence-electron chi connectivity index (χ4n) is 3.61. The Morgan fingerprint density at radius 3 is 2.92 bits per heavy atom. The third-order valence-corrected chi connectivity index (χ3v) is 5.17. The predicted molar refractivity (Wildman–Crippen MR) is 86.7 cm³/mol. The van der Waals surface area contributed by atoms with Gasteiger partial charge in [0.1, 0.15) is 0 Å². The first-order valence-corrected chi connectivity index (χ1v) is 9.22. The predicted octanol–water partition coefficient (Wildman–Crippen LogP) is 1.42. The van der Waals surface area contributed by atoms with Gasteiger partial charge in [0.2, 0.25) is 11.8 Å². The molecular formula is C17H26N4O3. The van der Waals surface area contributed by atoms with Crippen LogP contribution in [0.25, 0.3) is 0 Å². The van der Waals surface area contributed by atoms with E-state index in [0.29, 0.717) is 19.0 Å². The maximum absolute atomic E-state index is 12.2. The SMILES string of the molecule is O=C(CN1CCC[C@H](c2noc(C3CC3)n2)C1)NC[C@@H]1CCCO1. The van der Waals surface area contributed by atoms with Gasteiger partial charge < -0.3 is 14.6 Å². The van der Waals surface area contributed by atoms with Crippen LogP contribution in [-0.2, 0) is 9.53 Å². The number of rotatable bonds is 6. The van der Waals surface area contributed by atoms with Crippen molar-refractivity contribution in [3.05, 3.63) is 11.7 Å². The summed E-state index contributed by atoms with van der Waals surface area (Å²) in [5, 5.41) is 7.17. The van der Waals surface area contributed by atoms with E-state index in [-0.39, 0.29) is 17.9 Å². The molecule has 132 valence electrons.